The van der Waals surface area contributed by atoms with Crippen molar-refractivity contribution in [3.05, 3.63) is 63.6 Å². The molecule has 0 aliphatic carbocycles. The molecule has 162 valence electrons. The van der Waals surface area contributed by atoms with Gasteiger partial charge in [0, 0.05) is 15.6 Å². The van der Waals surface area contributed by atoms with Gasteiger partial charge in [0.2, 0.25) is 0 Å². The summed E-state index contributed by atoms with van der Waals surface area (Å²) < 4.78 is 16.2. The Morgan fingerprint density at radius 3 is 2.27 bits per heavy atom. The third-order valence-electron chi connectivity index (χ3n) is 4.86. The zero-order chi connectivity index (χ0) is 21.8. The lowest BCUT2D eigenvalue weighted by atomic mass is 9.96. The van der Waals surface area contributed by atoms with Crippen LogP contribution in [0.3, 0.4) is 0 Å². The first-order valence-electron chi connectivity index (χ1n) is 9.30. The van der Waals surface area contributed by atoms with Gasteiger partial charge < -0.3 is 29.5 Å². The summed E-state index contributed by atoms with van der Waals surface area (Å²) in [6.07, 6.45) is -5.59. The Morgan fingerprint density at radius 2 is 1.63 bits per heavy atom. The van der Waals surface area contributed by atoms with Gasteiger partial charge in [-0.05, 0) is 43.3 Å². The van der Waals surface area contributed by atoms with Gasteiger partial charge in [-0.25, -0.2) is 4.79 Å². The Kier molecular flexibility index (Phi) is 7.57. The van der Waals surface area contributed by atoms with E-state index >= 15 is 0 Å². The van der Waals surface area contributed by atoms with Gasteiger partial charge in [-0.1, -0.05) is 29.3 Å². The van der Waals surface area contributed by atoms with Crippen LogP contribution < -0.4 is 4.74 Å². The average Bonchev–Trinajstić information content (AvgIpc) is 2.73. The van der Waals surface area contributed by atoms with E-state index in [-0.39, 0.29) is 18.8 Å². The molecule has 0 spiro atoms. The van der Waals surface area contributed by atoms with E-state index in [0.29, 0.717) is 21.4 Å². The molecule has 0 amide bonds. The Bertz CT molecular complexity index is 854. The Hall–Kier alpha value is -1.87. The molecule has 1 aliphatic heterocycles. The van der Waals surface area contributed by atoms with Gasteiger partial charge in [-0.15, -0.1) is 0 Å². The molecular formula is C21H22Cl2O7. The molecular weight excluding hydrogens is 435 g/mol. The third kappa shape index (κ3) is 5.24. The Balaban J connectivity index is 1.54. The fourth-order valence-corrected chi connectivity index (χ4v) is 3.53. The molecule has 5 atom stereocenters. The van der Waals surface area contributed by atoms with Crippen molar-refractivity contribution < 1.29 is 34.3 Å². The molecule has 0 bridgehead atoms. The molecule has 3 rings (SSSR count). The van der Waals surface area contributed by atoms with E-state index in [0.717, 1.165) is 0 Å². The first kappa shape index (κ1) is 22.8. The maximum atomic E-state index is 12.3. The highest BCUT2D eigenvalue weighted by Gasteiger charge is 2.42. The molecule has 7 nitrogen and oxygen atoms in total. The second-order valence-corrected chi connectivity index (χ2v) is 7.78. The number of aliphatic hydroxyl groups is 3. The van der Waals surface area contributed by atoms with Crippen molar-refractivity contribution in [2.45, 2.75) is 44.1 Å². The first-order chi connectivity index (χ1) is 14.3. The van der Waals surface area contributed by atoms with Crippen molar-refractivity contribution in [1.29, 1.82) is 0 Å². The number of aliphatic hydroxyl groups excluding tert-OH is 3. The lowest BCUT2D eigenvalue weighted by Gasteiger charge is -2.38. The zero-order valence-corrected chi connectivity index (χ0v) is 17.6. The summed E-state index contributed by atoms with van der Waals surface area (Å²) in [6, 6.07) is 11.5. The predicted molar refractivity (Wildman–Crippen MR) is 110 cm³/mol. The van der Waals surface area contributed by atoms with Crippen molar-refractivity contribution in [3.63, 3.8) is 0 Å². The Morgan fingerprint density at radius 1 is 1.00 bits per heavy atom. The first-order valence-corrected chi connectivity index (χ1v) is 10.1. The average molecular weight is 457 g/mol. The van der Waals surface area contributed by atoms with Gasteiger partial charge in [0.05, 0.1) is 11.7 Å². The topological polar surface area (TPSA) is 105 Å². The molecule has 9 heteroatoms. The van der Waals surface area contributed by atoms with E-state index in [4.69, 9.17) is 37.4 Å². The SMILES string of the molecule is CC1O[C@H](COC(=O)c2ccc(OCc3c(Cl)cccc3Cl)cc2)[C@@H](O)[C@H](O)[C@H]1O. The molecule has 1 saturated heterocycles. The van der Waals surface area contributed by atoms with Gasteiger partial charge in [0.25, 0.3) is 0 Å². The number of benzene rings is 2. The fourth-order valence-electron chi connectivity index (χ4n) is 3.03. The van der Waals surface area contributed by atoms with Gasteiger partial charge in [0.1, 0.15) is 43.4 Å². The lowest BCUT2D eigenvalue weighted by molar-refractivity contribution is -0.224. The molecule has 0 radical (unpaired) electrons. The molecule has 2 aromatic carbocycles. The lowest BCUT2D eigenvalue weighted by Crippen LogP contribution is -2.57. The van der Waals surface area contributed by atoms with Crippen LogP contribution in [0.2, 0.25) is 10.0 Å². The number of halogens is 2. The highest BCUT2D eigenvalue weighted by atomic mass is 35.5. The fraction of sp³-hybridized carbons (Fsp3) is 0.381. The molecule has 1 heterocycles. The van der Waals surface area contributed by atoms with Crippen LogP contribution in [0.1, 0.15) is 22.8 Å². The minimum absolute atomic E-state index is 0.172. The molecule has 1 fully saturated rings. The number of hydrogen-bond acceptors (Lipinski definition) is 7. The van der Waals surface area contributed by atoms with Crippen molar-refractivity contribution in [2.24, 2.45) is 0 Å². The minimum Gasteiger partial charge on any atom is -0.489 e. The molecule has 0 aromatic heterocycles. The summed E-state index contributed by atoms with van der Waals surface area (Å²) in [6.45, 7) is 1.46. The highest BCUT2D eigenvalue weighted by Crippen LogP contribution is 2.26. The standard InChI is InChI=1S/C21H22Cl2O7/c1-11-18(24)20(26)19(25)17(30-11)10-29-21(27)12-5-7-13(8-6-12)28-9-14-15(22)3-2-4-16(14)23/h2-8,11,17-20,24-26H,9-10H2,1H3/t11?,17-,18+,19-,20-/m1/s1. The summed E-state index contributed by atoms with van der Waals surface area (Å²) in [5.41, 5.74) is 0.939. The smallest absolute Gasteiger partial charge is 0.338 e. The van der Waals surface area contributed by atoms with Gasteiger partial charge in [-0.2, -0.15) is 0 Å². The summed E-state index contributed by atoms with van der Waals surface area (Å²) in [7, 11) is 0. The second kappa shape index (κ2) is 9.96. The molecule has 1 aliphatic rings. The van der Waals surface area contributed by atoms with Crippen LogP contribution in [-0.2, 0) is 16.1 Å². The number of carbonyl (C=O) groups excluding carboxylic acids is 1. The Labute approximate surface area is 183 Å². The van der Waals surface area contributed by atoms with Crippen LogP contribution >= 0.6 is 23.2 Å². The maximum Gasteiger partial charge on any atom is 0.338 e. The highest BCUT2D eigenvalue weighted by molar-refractivity contribution is 6.35. The summed E-state index contributed by atoms with van der Waals surface area (Å²) in [4.78, 5) is 12.3. The van der Waals surface area contributed by atoms with Crippen molar-refractivity contribution in [1.82, 2.24) is 0 Å². The van der Waals surface area contributed by atoms with Gasteiger partial charge in [0.15, 0.2) is 0 Å². The van der Waals surface area contributed by atoms with Crippen LogP contribution in [0.15, 0.2) is 42.5 Å². The minimum atomic E-state index is -1.37. The molecule has 2 aromatic rings. The van der Waals surface area contributed by atoms with Crippen LogP contribution in [-0.4, -0.2) is 58.4 Å². The molecule has 0 saturated carbocycles. The van der Waals surface area contributed by atoms with Crippen molar-refractivity contribution >= 4 is 29.2 Å². The van der Waals surface area contributed by atoms with Crippen LogP contribution in [0, 0.1) is 0 Å². The summed E-state index contributed by atoms with van der Waals surface area (Å²) in [5, 5.41) is 30.5. The normalized spacial score (nSPS) is 26.3. The molecule has 3 N–H and O–H groups in total. The number of carbonyl (C=O) groups is 1. The van der Waals surface area contributed by atoms with Crippen LogP contribution in [0.4, 0.5) is 0 Å². The third-order valence-corrected chi connectivity index (χ3v) is 5.57. The van der Waals surface area contributed by atoms with E-state index in [1.807, 2.05) is 0 Å². The summed E-state index contributed by atoms with van der Waals surface area (Å²) in [5.74, 6) is -0.112. The van der Waals surface area contributed by atoms with E-state index < -0.39 is 36.5 Å². The van der Waals surface area contributed by atoms with Crippen LogP contribution in [0.25, 0.3) is 0 Å². The van der Waals surface area contributed by atoms with Gasteiger partial charge in [-0.3, -0.25) is 0 Å². The van der Waals surface area contributed by atoms with Crippen LogP contribution in [0.5, 0.6) is 5.75 Å². The quantitative estimate of drug-likeness (QED) is 0.573. The zero-order valence-electron chi connectivity index (χ0n) is 16.1. The second-order valence-electron chi connectivity index (χ2n) is 6.96. The van der Waals surface area contributed by atoms with E-state index in [2.05, 4.69) is 0 Å². The predicted octanol–water partition coefficient (Wildman–Crippen LogP) is 2.60. The summed E-state index contributed by atoms with van der Waals surface area (Å²) >= 11 is 12.2. The number of ether oxygens (including phenoxy) is 3. The number of esters is 1. The van der Waals surface area contributed by atoms with E-state index in [1.54, 1.807) is 37.3 Å². The maximum absolute atomic E-state index is 12.3. The molecule has 30 heavy (non-hydrogen) atoms. The van der Waals surface area contributed by atoms with Crippen molar-refractivity contribution in [3.8, 4) is 5.75 Å². The van der Waals surface area contributed by atoms with E-state index in [1.165, 1.54) is 12.1 Å². The van der Waals surface area contributed by atoms with Crippen molar-refractivity contribution in [2.75, 3.05) is 6.61 Å². The largest absolute Gasteiger partial charge is 0.489 e. The van der Waals surface area contributed by atoms with Gasteiger partial charge >= 0.3 is 5.97 Å². The number of hydrogen-bond donors (Lipinski definition) is 3. The number of rotatable bonds is 6. The monoisotopic (exact) mass is 456 g/mol. The van der Waals surface area contributed by atoms with E-state index in [9.17, 15) is 20.1 Å². The molecule has 1 unspecified atom stereocenters.